The molecular formula is C78H113N21O18. The Hall–Kier alpha value is -12.1. The number of aliphatic carboxylic acids is 1. The largest absolute Gasteiger partial charge is 0.508 e. The number of amides is 13. The number of phenolic OH excluding ortho intramolecular Hbond substituents is 1. The van der Waals surface area contributed by atoms with Crippen LogP contribution in [0.5, 0.6) is 5.75 Å². The minimum atomic E-state index is -1.76. The van der Waals surface area contributed by atoms with E-state index < -0.39 is 187 Å². The topological polar surface area (TPSA) is 626 Å². The van der Waals surface area contributed by atoms with Crippen molar-refractivity contribution < 1.29 is 87.5 Å². The second-order valence-corrected chi connectivity index (χ2v) is 29.1. The normalized spacial score (nSPS) is 15.3. The van der Waals surface area contributed by atoms with Crippen LogP contribution in [0.1, 0.15) is 127 Å². The van der Waals surface area contributed by atoms with E-state index in [4.69, 9.17) is 22.6 Å². The first-order valence-corrected chi connectivity index (χ1v) is 39.1. The van der Waals surface area contributed by atoms with Gasteiger partial charge in [-0.3, -0.25) is 72.5 Å². The van der Waals surface area contributed by atoms with E-state index in [2.05, 4.69) is 84.1 Å². The lowest BCUT2D eigenvalue weighted by Gasteiger charge is -2.30. The predicted octanol–water partition coefficient (Wildman–Crippen LogP) is -3.63. The van der Waals surface area contributed by atoms with Gasteiger partial charge in [-0.1, -0.05) is 94.3 Å². The van der Waals surface area contributed by atoms with Crippen LogP contribution in [0.2, 0.25) is 0 Å². The number of aliphatic hydroxyl groups is 2. The fourth-order valence-electron chi connectivity index (χ4n) is 13.2. The molecule has 13 amide bonds. The third-order valence-electron chi connectivity index (χ3n) is 19.5. The van der Waals surface area contributed by atoms with Gasteiger partial charge in [0, 0.05) is 93.7 Å². The number of unbranched alkanes of at least 4 members (excludes halogenated alkanes) is 2. The van der Waals surface area contributed by atoms with Gasteiger partial charge < -0.3 is 122 Å². The van der Waals surface area contributed by atoms with Crippen molar-refractivity contribution in [3.8, 4) is 5.75 Å². The number of benzene rings is 3. The summed E-state index contributed by atoms with van der Waals surface area (Å²) < 4.78 is 0. The number of aromatic amines is 2. The maximum atomic E-state index is 15.2. The summed E-state index contributed by atoms with van der Waals surface area (Å²) in [6.07, 6.45) is 5.32. The molecule has 5 aromatic rings. The monoisotopic (exact) mass is 1630 g/mol. The van der Waals surface area contributed by atoms with Gasteiger partial charge in [-0.15, -0.1) is 0 Å². The molecule has 1 aliphatic heterocycles. The summed E-state index contributed by atoms with van der Waals surface area (Å²) in [5.41, 5.74) is 19.6. The Morgan fingerprint density at radius 3 is 1.73 bits per heavy atom. The number of aromatic hydroxyl groups is 1. The number of nitrogens with one attached hydrogen (secondary N) is 16. The summed E-state index contributed by atoms with van der Waals surface area (Å²) in [4.78, 5) is 206. The molecule has 0 saturated carbocycles. The van der Waals surface area contributed by atoms with Crippen molar-refractivity contribution in [3.63, 3.8) is 0 Å². The summed E-state index contributed by atoms with van der Waals surface area (Å²) in [5.74, 6) is -12.9. The number of carboxylic acid groups (broad SMARTS) is 1. The van der Waals surface area contributed by atoms with E-state index in [9.17, 15) is 73.2 Å². The lowest BCUT2D eigenvalue weighted by molar-refractivity contribution is -0.142. The molecule has 39 nitrogen and oxygen atoms in total. The molecule has 1 fully saturated rings. The third kappa shape index (κ3) is 31.2. The highest BCUT2D eigenvalue weighted by molar-refractivity contribution is 5.99. The maximum absolute atomic E-state index is 15.2. The number of guanidine groups is 1. The first-order chi connectivity index (χ1) is 55.9. The van der Waals surface area contributed by atoms with Crippen molar-refractivity contribution in [1.82, 2.24) is 89.0 Å². The number of nitrogens with zero attached hydrogens (tertiary/aromatic N) is 2. The number of para-hydroxylation sites is 1. The van der Waals surface area contributed by atoms with Gasteiger partial charge >= 0.3 is 5.97 Å². The molecule has 1 aliphatic rings. The average molecular weight is 1630 g/mol. The lowest BCUT2D eigenvalue weighted by Crippen LogP contribution is -2.60. The van der Waals surface area contributed by atoms with Crippen LogP contribution in [0.4, 0.5) is 0 Å². The first-order valence-electron chi connectivity index (χ1n) is 39.1. The molecule has 26 N–H and O–H groups in total. The zero-order valence-electron chi connectivity index (χ0n) is 66.1. The van der Waals surface area contributed by atoms with Crippen LogP contribution in [0.25, 0.3) is 10.9 Å². The number of aromatic nitrogens is 3. The van der Waals surface area contributed by atoms with Crippen molar-refractivity contribution in [2.24, 2.45) is 23.1 Å². The van der Waals surface area contributed by atoms with Crippen molar-refractivity contribution in [1.29, 1.82) is 5.41 Å². The number of carbonyl (C=O) groups is 14. The van der Waals surface area contributed by atoms with Crippen molar-refractivity contribution in [2.45, 2.75) is 203 Å². The fourth-order valence-corrected chi connectivity index (χ4v) is 13.2. The van der Waals surface area contributed by atoms with Crippen molar-refractivity contribution in [2.75, 3.05) is 45.9 Å². The van der Waals surface area contributed by atoms with E-state index in [0.29, 0.717) is 65.4 Å². The summed E-state index contributed by atoms with van der Waals surface area (Å²) >= 11 is 0. The average Bonchev–Trinajstić information content (AvgIpc) is 1.70. The molecule has 39 heteroatoms. The molecule has 0 aliphatic carbocycles. The molecule has 12 atom stereocenters. The number of primary amides is 1. The molecule has 0 bridgehead atoms. The van der Waals surface area contributed by atoms with Gasteiger partial charge in [0.1, 0.15) is 66.2 Å². The summed E-state index contributed by atoms with van der Waals surface area (Å²) in [5, 5.41) is 83.3. The van der Waals surface area contributed by atoms with Gasteiger partial charge in [-0.25, -0.2) is 4.98 Å². The molecule has 3 heterocycles. The molecule has 117 heavy (non-hydrogen) atoms. The molecule has 0 spiro atoms. The highest BCUT2D eigenvalue weighted by atomic mass is 16.4. The van der Waals surface area contributed by atoms with Crippen LogP contribution in [0, 0.1) is 11.3 Å². The Bertz CT molecular complexity index is 4150. The molecule has 2 aromatic heterocycles. The van der Waals surface area contributed by atoms with E-state index >= 15 is 14.4 Å². The minimum absolute atomic E-state index is 0.0173. The smallest absolute Gasteiger partial charge is 0.303 e. The molecule has 638 valence electrons. The Balaban J connectivity index is 1.24. The number of rotatable bonds is 51. The first kappa shape index (κ1) is 93.8. The molecule has 1 saturated heterocycles. The standard InChI is InChI=1S/C78H113N21O18/c1-5-6-19-54(93-75(115)62(42-101)97-73(113)59(34-47-24-27-51(103)28-25-47)95-74(114)61(41-100)89-45(4)102)69(109)90-49(26-29-65(105)106)39-86-57(36-50-38-83-43-88-50)71(111)94-58(33-46-16-8-7-9-17-46)72(112)92-55(22-14-31-84-78(81)82)70(110)96-60(35-48-37-85-53-20-11-10-18-52(48)53)68(108)87-40-64(104)91-56(21-12-13-30-79)77(117)99-32-15-23-63(99)76(116)98-66(44(2)3)67(80)107/h7-11,16-18,20,24-25,27-28,37-38,43-44,49,54-63,66,85-86,100-101,103H,5-6,12-15,19,21-23,26,29-36,39-42,79H2,1-4H3,(H2,80,107)(H,83,88)(H,87,108)(H,89,102)(H,90,109)(H,91,104)(H,92,112)(H,93,115)(H,94,111)(H,95,114)(H,96,110)(H,97,113)(H,98,116)(H,105,106)(H4,81,82,84)/t49-,54-,55-,56-,57-,58+,59-,60-,61-,62-,63-,66-/m0/s1. The van der Waals surface area contributed by atoms with Gasteiger partial charge in [-0.2, -0.15) is 0 Å². The van der Waals surface area contributed by atoms with Gasteiger partial charge in [0.2, 0.25) is 76.8 Å². The predicted molar refractivity (Wildman–Crippen MR) is 427 cm³/mol. The third-order valence-corrected chi connectivity index (χ3v) is 19.5. The van der Waals surface area contributed by atoms with Crippen LogP contribution in [-0.4, -0.2) is 247 Å². The molecule has 0 unspecified atom stereocenters. The van der Waals surface area contributed by atoms with Crippen LogP contribution in [-0.2, 0) is 92.8 Å². The van der Waals surface area contributed by atoms with Crippen molar-refractivity contribution >= 4 is 99.6 Å². The Labute approximate surface area is 676 Å². The number of carbonyl (C=O) groups excluding carboxylic acids is 13. The van der Waals surface area contributed by atoms with E-state index in [1.54, 1.807) is 81.6 Å². The summed E-state index contributed by atoms with van der Waals surface area (Å²) in [6.45, 7) is 3.87. The minimum Gasteiger partial charge on any atom is -0.508 e. The lowest BCUT2D eigenvalue weighted by atomic mass is 10.0. The van der Waals surface area contributed by atoms with Crippen LogP contribution in [0.3, 0.4) is 0 Å². The van der Waals surface area contributed by atoms with Gasteiger partial charge in [-0.05, 0) is 105 Å². The van der Waals surface area contributed by atoms with Gasteiger partial charge in [0.05, 0.1) is 32.1 Å². The van der Waals surface area contributed by atoms with E-state index in [1.807, 2.05) is 0 Å². The van der Waals surface area contributed by atoms with Gasteiger partial charge in [0.15, 0.2) is 5.96 Å². The van der Waals surface area contributed by atoms with Crippen molar-refractivity contribution in [3.05, 3.63) is 120 Å². The number of carboxylic acids is 1. The number of aliphatic hydroxyl groups excluding tert-OH is 2. The molecule has 0 radical (unpaired) electrons. The number of nitrogens with two attached hydrogens (primary N) is 3. The van der Waals surface area contributed by atoms with Crippen LogP contribution >= 0.6 is 0 Å². The quantitative estimate of drug-likeness (QED) is 0.0101. The number of hydrogen-bond acceptors (Lipinski definition) is 21. The number of likely N-dealkylation sites (tertiary alicyclic amines) is 1. The van der Waals surface area contributed by atoms with Gasteiger partial charge in [0.25, 0.3) is 0 Å². The summed E-state index contributed by atoms with van der Waals surface area (Å²) in [7, 11) is 0. The highest BCUT2D eigenvalue weighted by Gasteiger charge is 2.41. The van der Waals surface area contributed by atoms with E-state index in [1.165, 1.54) is 41.7 Å². The number of H-pyrrole nitrogens is 2. The molecular weight excluding hydrogens is 1520 g/mol. The number of phenols is 1. The fraction of sp³-hybridized carbons (Fsp3) is 0.513. The Morgan fingerprint density at radius 1 is 0.590 bits per heavy atom. The van der Waals surface area contributed by atoms with E-state index in [-0.39, 0.29) is 102 Å². The summed E-state index contributed by atoms with van der Waals surface area (Å²) in [6, 6.07) is 4.98. The maximum Gasteiger partial charge on any atom is 0.303 e. The number of hydrogen-bond donors (Lipinski definition) is 23. The molecule has 3 aromatic carbocycles. The van der Waals surface area contributed by atoms with E-state index in [0.717, 1.165) is 6.92 Å². The second kappa shape index (κ2) is 48.3. The Morgan fingerprint density at radius 2 is 1.15 bits per heavy atom. The zero-order chi connectivity index (χ0) is 85.7. The zero-order valence-corrected chi connectivity index (χ0v) is 66.1. The second-order valence-electron chi connectivity index (χ2n) is 29.1. The number of fused-ring (bicyclic) bond motifs is 1. The highest BCUT2D eigenvalue weighted by Crippen LogP contribution is 2.23. The number of imidazole rings is 1. The van der Waals surface area contributed by atoms with Crippen LogP contribution in [0.15, 0.2) is 97.6 Å². The Kier molecular flexibility index (Phi) is 38.7. The molecule has 6 rings (SSSR count). The SMILES string of the molecule is CCCC[C@H](NC(=O)[C@H](CO)NC(=O)[C@H](Cc1ccc(O)cc1)NC(=O)[C@H](CO)NC(C)=O)C(=O)N[C@@H](CCC(=O)O)CN[C@@H](Cc1cnc[nH]1)C(=O)N[C@H](Cc1ccccc1)C(=O)N[C@@H](CCCNC(=N)N)C(=O)N[C@@H](Cc1c[nH]c2ccccc12)C(=O)NCC(=O)N[C@@H](CCCCN)C(=O)N1CCC[C@H]1C(=O)N[C@H](C(N)=O)C(C)C. The van der Waals surface area contributed by atoms with Crippen LogP contribution < -0.4 is 86.3 Å².